The van der Waals surface area contributed by atoms with Gasteiger partial charge in [-0.25, -0.2) is 9.37 Å². The summed E-state index contributed by atoms with van der Waals surface area (Å²) >= 11 is 5.01. The van der Waals surface area contributed by atoms with Gasteiger partial charge in [-0.05, 0) is 32.0 Å². The van der Waals surface area contributed by atoms with Gasteiger partial charge in [0.15, 0.2) is 4.96 Å². The Morgan fingerprint density at radius 1 is 1.40 bits per heavy atom. The Balaban J connectivity index is 1.89. The van der Waals surface area contributed by atoms with E-state index in [1.807, 2.05) is 6.92 Å². The van der Waals surface area contributed by atoms with E-state index >= 15 is 0 Å². The summed E-state index contributed by atoms with van der Waals surface area (Å²) < 4.78 is 16.6. The highest BCUT2D eigenvalue weighted by atomic mass is 79.9. The smallest absolute Gasteiger partial charge is 0.194 e. The molecule has 0 radical (unpaired) electrons. The summed E-state index contributed by atoms with van der Waals surface area (Å²) in [4.78, 5) is 6.71. The highest BCUT2D eigenvalue weighted by Gasteiger charge is 2.11. The van der Waals surface area contributed by atoms with Crippen molar-refractivity contribution in [3.63, 3.8) is 0 Å². The average molecular weight is 354 g/mol. The molecule has 3 nitrogen and oxygen atoms in total. The van der Waals surface area contributed by atoms with Gasteiger partial charge < -0.3 is 5.32 Å². The minimum atomic E-state index is -0.256. The van der Waals surface area contributed by atoms with E-state index in [9.17, 15) is 4.39 Å². The molecule has 1 N–H and O–H groups in total. The van der Waals surface area contributed by atoms with Gasteiger partial charge in [0, 0.05) is 15.5 Å². The molecule has 0 unspecified atom stereocenters. The lowest BCUT2D eigenvalue weighted by atomic mass is 10.3. The van der Waals surface area contributed by atoms with Gasteiger partial charge in [0.1, 0.15) is 5.82 Å². The van der Waals surface area contributed by atoms with Crippen LogP contribution in [0.4, 0.5) is 10.1 Å². The second kappa shape index (κ2) is 5.18. The van der Waals surface area contributed by atoms with Crippen molar-refractivity contribution in [2.75, 3.05) is 5.32 Å². The normalized spacial score (nSPS) is 11.2. The van der Waals surface area contributed by atoms with Crippen molar-refractivity contribution < 1.29 is 4.39 Å². The maximum Gasteiger partial charge on any atom is 0.194 e. The maximum absolute atomic E-state index is 13.7. The van der Waals surface area contributed by atoms with Gasteiger partial charge in [-0.2, -0.15) is 0 Å². The standard InChI is InChI=1S/C14H13BrFN3S/c1-8-7-19-13(9(2)18-14(19)20-8)6-17-12-5-10(15)3-4-11(12)16/h3-5,7,17H,6H2,1-2H3. The van der Waals surface area contributed by atoms with Gasteiger partial charge in [0.05, 0.1) is 23.6 Å². The monoisotopic (exact) mass is 353 g/mol. The Morgan fingerprint density at radius 2 is 2.20 bits per heavy atom. The molecule has 0 bridgehead atoms. The lowest BCUT2D eigenvalue weighted by Crippen LogP contribution is -2.05. The Kier molecular flexibility index (Phi) is 3.52. The summed E-state index contributed by atoms with van der Waals surface area (Å²) in [5.41, 5.74) is 2.52. The fourth-order valence-electron chi connectivity index (χ4n) is 2.13. The molecule has 1 aromatic carbocycles. The third-order valence-electron chi connectivity index (χ3n) is 3.12. The maximum atomic E-state index is 13.7. The minimum absolute atomic E-state index is 0.256. The summed E-state index contributed by atoms with van der Waals surface area (Å²) in [6.07, 6.45) is 2.06. The molecule has 0 saturated heterocycles. The van der Waals surface area contributed by atoms with Crippen LogP contribution in [0.5, 0.6) is 0 Å². The number of benzene rings is 1. The fraction of sp³-hybridized carbons (Fsp3) is 0.214. The molecule has 0 fully saturated rings. The van der Waals surface area contributed by atoms with Crippen LogP contribution in [0.3, 0.4) is 0 Å². The summed E-state index contributed by atoms with van der Waals surface area (Å²) in [7, 11) is 0. The molecule has 0 saturated carbocycles. The Bertz CT molecular complexity index is 778. The van der Waals surface area contributed by atoms with Gasteiger partial charge in [-0.1, -0.05) is 15.9 Å². The van der Waals surface area contributed by atoms with E-state index in [2.05, 4.69) is 43.8 Å². The van der Waals surface area contributed by atoms with Crippen LogP contribution in [0, 0.1) is 19.7 Å². The van der Waals surface area contributed by atoms with Gasteiger partial charge in [-0.15, -0.1) is 11.3 Å². The zero-order valence-electron chi connectivity index (χ0n) is 11.1. The lowest BCUT2D eigenvalue weighted by molar-refractivity contribution is 0.629. The molecule has 104 valence electrons. The molecule has 6 heteroatoms. The van der Waals surface area contributed by atoms with Crippen molar-refractivity contribution in [3.8, 4) is 0 Å². The molecule has 0 aliphatic rings. The van der Waals surface area contributed by atoms with E-state index in [4.69, 9.17) is 0 Å². The van der Waals surface area contributed by atoms with Gasteiger partial charge in [-0.3, -0.25) is 4.40 Å². The second-order valence-electron chi connectivity index (χ2n) is 4.62. The number of hydrogen-bond donors (Lipinski definition) is 1. The van der Waals surface area contributed by atoms with E-state index in [1.165, 1.54) is 10.9 Å². The molecular formula is C14H13BrFN3S. The fourth-order valence-corrected chi connectivity index (χ4v) is 3.38. The third-order valence-corrected chi connectivity index (χ3v) is 4.51. The van der Waals surface area contributed by atoms with Crippen LogP contribution in [0.25, 0.3) is 4.96 Å². The number of hydrogen-bond acceptors (Lipinski definition) is 3. The average Bonchev–Trinajstić information content (AvgIpc) is 2.86. The molecule has 0 aliphatic carbocycles. The molecule has 0 atom stereocenters. The molecule has 20 heavy (non-hydrogen) atoms. The zero-order valence-corrected chi connectivity index (χ0v) is 13.5. The van der Waals surface area contributed by atoms with Crippen LogP contribution in [0.2, 0.25) is 0 Å². The predicted octanol–water partition coefficient (Wildman–Crippen LogP) is 4.53. The number of anilines is 1. The number of fused-ring (bicyclic) bond motifs is 1. The highest BCUT2D eigenvalue weighted by Crippen LogP contribution is 2.23. The molecule has 0 aliphatic heterocycles. The zero-order chi connectivity index (χ0) is 14.3. The third kappa shape index (κ3) is 2.45. The quantitative estimate of drug-likeness (QED) is 0.749. The second-order valence-corrected chi connectivity index (χ2v) is 6.74. The summed E-state index contributed by atoms with van der Waals surface area (Å²) in [5, 5.41) is 3.14. The van der Waals surface area contributed by atoms with Crippen molar-refractivity contribution in [3.05, 3.63) is 51.0 Å². The van der Waals surface area contributed by atoms with E-state index in [0.29, 0.717) is 12.2 Å². The van der Waals surface area contributed by atoms with Gasteiger partial charge in [0.25, 0.3) is 0 Å². The number of rotatable bonds is 3. The largest absolute Gasteiger partial charge is 0.377 e. The number of thiazole rings is 1. The Morgan fingerprint density at radius 3 is 3.00 bits per heavy atom. The highest BCUT2D eigenvalue weighted by molar-refractivity contribution is 9.10. The van der Waals surface area contributed by atoms with E-state index in [0.717, 1.165) is 20.8 Å². The molecule has 3 rings (SSSR count). The van der Waals surface area contributed by atoms with Crippen LogP contribution in [-0.2, 0) is 6.54 Å². The lowest BCUT2D eigenvalue weighted by Gasteiger charge is -2.08. The molecule has 2 aromatic heterocycles. The Labute approximate surface area is 128 Å². The van der Waals surface area contributed by atoms with E-state index in [1.54, 1.807) is 23.5 Å². The van der Waals surface area contributed by atoms with Crippen molar-refractivity contribution in [1.29, 1.82) is 0 Å². The SMILES string of the molecule is Cc1cn2c(CNc3cc(Br)ccc3F)c(C)nc2s1. The summed E-state index contributed by atoms with van der Waals surface area (Å²) in [5.74, 6) is -0.256. The van der Waals surface area contributed by atoms with Gasteiger partial charge >= 0.3 is 0 Å². The first-order chi connectivity index (χ1) is 9.54. The number of aryl methyl sites for hydroxylation is 2. The molecule has 0 amide bonds. The topological polar surface area (TPSA) is 29.3 Å². The van der Waals surface area contributed by atoms with Crippen LogP contribution in [0.1, 0.15) is 16.3 Å². The van der Waals surface area contributed by atoms with Crippen LogP contribution < -0.4 is 5.32 Å². The van der Waals surface area contributed by atoms with Gasteiger partial charge in [0.2, 0.25) is 0 Å². The summed E-state index contributed by atoms with van der Waals surface area (Å²) in [6.45, 7) is 4.57. The van der Waals surface area contributed by atoms with Crippen molar-refractivity contribution in [1.82, 2.24) is 9.38 Å². The van der Waals surface area contributed by atoms with Crippen LogP contribution in [-0.4, -0.2) is 9.38 Å². The number of halogens is 2. The number of nitrogens with zero attached hydrogens (tertiary/aromatic N) is 2. The molecule has 0 spiro atoms. The summed E-state index contributed by atoms with van der Waals surface area (Å²) in [6, 6.07) is 4.87. The van der Waals surface area contributed by atoms with Crippen LogP contribution in [0.15, 0.2) is 28.9 Å². The number of imidazole rings is 1. The minimum Gasteiger partial charge on any atom is -0.377 e. The first-order valence-electron chi connectivity index (χ1n) is 6.17. The number of aromatic nitrogens is 2. The first-order valence-corrected chi connectivity index (χ1v) is 7.78. The van der Waals surface area contributed by atoms with Crippen LogP contribution >= 0.6 is 27.3 Å². The molecular weight excluding hydrogens is 341 g/mol. The van der Waals surface area contributed by atoms with E-state index in [-0.39, 0.29) is 5.82 Å². The van der Waals surface area contributed by atoms with Crippen molar-refractivity contribution >= 4 is 37.9 Å². The van der Waals surface area contributed by atoms with E-state index < -0.39 is 0 Å². The molecule has 2 heterocycles. The first kappa shape index (κ1) is 13.6. The molecule has 3 aromatic rings. The predicted molar refractivity (Wildman–Crippen MR) is 84.0 cm³/mol. The van der Waals surface area contributed by atoms with Crippen molar-refractivity contribution in [2.45, 2.75) is 20.4 Å². The number of nitrogens with one attached hydrogen (secondary N) is 1. The Hall–Kier alpha value is -1.40. The van der Waals surface area contributed by atoms with Crippen molar-refractivity contribution in [2.24, 2.45) is 0 Å².